The van der Waals surface area contributed by atoms with Crippen molar-refractivity contribution in [2.75, 3.05) is 17.8 Å². The minimum absolute atomic E-state index is 0.0116. The van der Waals surface area contributed by atoms with Gasteiger partial charge in [0.2, 0.25) is 0 Å². The molecule has 0 amide bonds. The number of halogens is 5. The lowest BCUT2D eigenvalue weighted by atomic mass is 10.1. The molecule has 1 aliphatic heterocycles. The van der Waals surface area contributed by atoms with Gasteiger partial charge in [-0.2, -0.15) is 27.1 Å². The molecule has 2 aromatic carbocycles. The van der Waals surface area contributed by atoms with Crippen LogP contribution in [0.15, 0.2) is 58.5 Å². The van der Waals surface area contributed by atoms with Crippen molar-refractivity contribution in [1.29, 1.82) is 0 Å². The molecule has 26 heavy (non-hydrogen) atoms. The standard InChI is InChI=1S/C18H15F5N2S/c1-26-15-4-2-3-13(11-15)12-5-7-14(8-6-12)25-10-9-16(24-25)17(19,20)18(21,22)23/h2-8,11H,9-10H2,1H3. The molecule has 0 radical (unpaired) electrons. The molecular weight excluding hydrogens is 371 g/mol. The number of hydrazone groups is 1. The van der Waals surface area contributed by atoms with Gasteiger partial charge in [-0.1, -0.05) is 24.3 Å². The molecule has 138 valence electrons. The highest BCUT2D eigenvalue weighted by Crippen LogP contribution is 2.39. The van der Waals surface area contributed by atoms with Crippen LogP contribution in [0.3, 0.4) is 0 Å². The monoisotopic (exact) mass is 386 g/mol. The van der Waals surface area contributed by atoms with Gasteiger partial charge in [0.15, 0.2) is 0 Å². The summed E-state index contributed by atoms with van der Waals surface area (Å²) in [6, 6.07) is 14.8. The average Bonchev–Trinajstić information content (AvgIpc) is 3.12. The first kappa shape index (κ1) is 18.7. The van der Waals surface area contributed by atoms with Gasteiger partial charge < -0.3 is 0 Å². The second kappa shape index (κ2) is 6.90. The summed E-state index contributed by atoms with van der Waals surface area (Å²) in [5.74, 6) is -4.90. The van der Waals surface area contributed by atoms with Crippen molar-refractivity contribution in [3.63, 3.8) is 0 Å². The fraction of sp³-hybridized carbons (Fsp3) is 0.278. The van der Waals surface area contributed by atoms with E-state index in [2.05, 4.69) is 5.10 Å². The number of alkyl halides is 5. The van der Waals surface area contributed by atoms with Crippen LogP contribution in [0.4, 0.5) is 27.6 Å². The van der Waals surface area contributed by atoms with Crippen LogP contribution >= 0.6 is 11.8 Å². The van der Waals surface area contributed by atoms with Gasteiger partial charge in [0.25, 0.3) is 0 Å². The van der Waals surface area contributed by atoms with Gasteiger partial charge in [-0.3, -0.25) is 5.01 Å². The molecule has 1 heterocycles. The summed E-state index contributed by atoms with van der Waals surface area (Å²) in [5.41, 5.74) is 1.25. The van der Waals surface area contributed by atoms with Gasteiger partial charge in [-0.15, -0.1) is 11.8 Å². The second-order valence-electron chi connectivity index (χ2n) is 5.77. The van der Waals surface area contributed by atoms with Crippen molar-refractivity contribution in [2.24, 2.45) is 5.10 Å². The second-order valence-corrected chi connectivity index (χ2v) is 6.65. The highest BCUT2D eigenvalue weighted by Gasteiger charge is 2.61. The van der Waals surface area contributed by atoms with E-state index < -0.39 is 24.2 Å². The predicted octanol–water partition coefficient (Wildman–Crippen LogP) is 5.84. The number of anilines is 1. The molecule has 1 aliphatic rings. The van der Waals surface area contributed by atoms with Gasteiger partial charge in [-0.25, -0.2) is 0 Å². The van der Waals surface area contributed by atoms with E-state index in [0.717, 1.165) is 16.0 Å². The van der Waals surface area contributed by atoms with Crippen molar-refractivity contribution < 1.29 is 22.0 Å². The van der Waals surface area contributed by atoms with E-state index >= 15 is 0 Å². The van der Waals surface area contributed by atoms with Crippen molar-refractivity contribution in [3.8, 4) is 11.1 Å². The van der Waals surface area contributed by atoms with E-state index in [1.54, 1.807) is 36.0 Å². The number of benzene rings is 2. The summed E-state index contributed by atoms with van der Waals surface area (Å²) < 4.78 is 64.2. The average molecular weight is 386 g/mol. The summed E-state index contributed by atoms with van der Waals surface area (Å²) in [5, 5.41) is 4.68. The van der Waals surface area contributed by atoms with E-state index in [-0.39, 0.29) is 6.54 Å². The lowest BCUT2D eigenvalue weighted by Crippen LogP contribution is -2.43. The van der Waals surface area contributed by atoms with E-state index in [9.17, 15) is 22.0 Å². The number of hydrogen-bond donors (Lipinski definition) is 0. The molecule has 0 bridgehead atoms. The Bertz CT molecular complexity index is 815. The molecule has 0 spiro atoms. The number of thioether (sulfide) groups is 1. The molecule has 0 saturated carbocycles. The number of rotatable bonds is 4. The first-order chi connectivity index (χ1) is 12.2. The molecule has 0 unspecified atom stereocenters. The van der Waals surface area contributed by atoms with Gasteiger partial charge in [0.1, 0.15) is 5.71 Å². The van der Waals surface area contributed by atoms with Crippen LogP contribution in [0.5, 0.6) is 0 Å². The molecule has 0 aliphatic carbocycles. The Kier molecular flexibility index (Phi) is 4.96. The van der Waals surface area contributed by atoms with Crippen LogP contribution in [0.1, 0.15) is 6.42 Å². The maximum atomic E-state index is 13.4. The maximum absolute atomic E-state index is 13.4. The summed E-state index contributed by atoms with van der Waals surface area (Å²) in [6.45, 7) is -0.0116. The summed E-state index contributed by atoms with van der Waals surface area (Å²) in [7, 11) is 0. The Balaban J connectivity index is 1.81. The Morgan fingerprint density at radius 3 is 2.27 bits per heavy atom. The topological polar surface area (TPSA) is 15.6 Å². The lowest BCUT2D eigenvalue weighted by Gasteiger charge is -2.18. The van der Waals surface area contributed by atoms with Gasteiger partial charge in [0.05, 0.1) is 5.69 Å². The summed E-state index contributed by atoms with van der Waals surface area (Å²) >= 11 is 1.62. The Labute approximate surface area is 151 Å². The minimum atomic E-state index is -5.63. The van der Waals surface area contributed by atoms with Gasteiger partial charge in [0, 0.05) is 17.9 Å². The highest BCUT2D eigenvalue weighted by molar-refractivity contribution is 7.98. The quantitative estimate of drug-likeness (QED) is 0.485. The first-order valence-corrected chi connectivity index (χ1v) is 8.99. The third-order valence-corrected chi connectivity index (χ3v) is 4.81. The zero-order chi connectivity index (χ0) is 18.9. The molecule has 2 nitrogen and oxygen atoms in total. The van der Waals surface area contributed by atoms with E-state index in [4.69, 9.17) is 0 Å². The van der Waals surface area contributed by atoms with Crippen molar-refractivity contribution in [1.82, 2.24) is 0 Å². The number of hydrogen-bond acceptors (Lipinski definition) is 3. The molecular formula is C18H15F5N2S. The fourth-order valence-corrected chi connectivity index (χ4v) is 3.12. The Morgan fingerprint density at radius 1 is 0.962 bits per heavy atom. The molecule has 2 aromatic rings. The fourth-order valence-electron chi connectivity index (χ4n) is 2.66. The van der Waals surface area contributed by atoms with Crippen molar-refractivity contribution >= 4 is 23.2 Å². The highest BCUT2D eigenvalue weighted by atomic mass is 32.2. The van der Waals surface area contributed by atoms with Crippen LogP contribution in [-0.4, -0.2) is 30.6 Å². The maximum Gasteiger partial charge on any atom is 0.459 e. The smallest absolute Gasteiger partial charge is 0.265 e. The molecule has 0 N–H and O–H groups in total. The van der Waals surface area contributed by atoms with Crippen LogP contribution in [-0.2, 0) is 0 Å². The number of nitrogens with zero attached hydrogens (tertiary/aromatic N) is 2. The zero-order valence-corrected chi connectivity index (χ0v) is 14.5. The molecule has 8 heteroatoms. The summed E-state index contributed by atoms with van der Waals surface area (Å²) in [6.07, 6.45) is -4.08. The molecule has 0 saturated heterocycles. The third kappa shape index (κ3) is 3.56. The van der Waals surface area contributed by atoms with Gasteiger partial charge >= 0.3 is 12.1 Å². The molecule has 0 aromatic heterocycles. The largest absolute Gasteiger partial charge is 0.459 e. The van der Waals surface area contributed by atoms with E-state index in [0.29, 0.717) is 5.69 Å². The Morgan fingerprint density at radius 2 is 1.65 bits per heavy atom. The predicted molar refractivity (Wildman–Crippen MR) is 94.1 cm³/mol. The van der Waals surface area contributed by atoms with E-state index in [1.807, 2.05) is 30.5 Å². The van der Waals surface area contributed by atoms with Crippen LogP contribution in [0.2, 0.25) is 0 Å². The van der Waals surface area contributed by atoms with Crippen LogP contribution in [0.25, 0.3) is 11.1 Å². The lowest BCUT2D eigenvalue weighted by molar-refractivity contribution is -0.249. The van der Waals surface area contributed by atoms with Crippen LogP contribution in [0, 0.1) is 0 Å². The first-order valence-electron chi connectivity index (χ1n) is 7.77. The van der Waals surface area contributed by atoms with Gasteiger partial charge in [-0.05, 0) is 41.6 Å². The van der Waals surface area contributed by atoms with Crippen molar-refractivity contribution in [3.05, 3.63) is 48.5 Å². The normalized spacial score (nSPS) is 15.3. The zero-order valence-electron chi connectivity index (χ0n) is 13.7. The minimum Gasteiger partial charge on any atom is -0.265 e. The SMILES string of the molecule is CSc1cccc(-c2ccc(N3CCC(C(F)(F)C(F)(F)F)=N3)cc2)c1. The third-order valence-electron chi connectivity index (χ3n) is 4.09. The van der Waals surface area contributed by atoms with E-state index in [1.165, 1.54) is 5.01 Å². The van der Waals surface area contributed by atoms with Crippen molar-refractivity contribution in [2.45, 2.75) is 23.4 Å². The molecule has 3 rings (SSSR count). The Hall–Kier alpha value is -2.09. The summed E-state index contributed by atoms with van der Waals surface area (Å²) in [4.78, 5) is 1.11. The molecule has 0 atom stereocenters. The molecule has 0 fully saturated rings. The van der Waals surface area contributed by atoms with Crippen LogP contribution < -0.4 is 5.01 Å².